The first-order valence-electron chi connectivity index (χ1n) is 2.67. The van der Waals surface area contributed by atoms with E-state index in [0.29, 0.717) is 0 Å². The van der Waals surface area contributed by atoms with E-state index in [0.717, 1.165) is 5.01 Å². The van der Waals surface area contributed by atoms with Gasteiger partial charge in [0.1, 0.15) is 0 Å². The Bertz CT molecular complexity index is 170. The van der Waals surface area contributed by atoms with Crippen LogP contribution in [0.2, 0.25) is 0 Å². The van der Waals surface area contributed by atoms with E-state index in [1.165, 1.54) is 14.1 Å². The molecule has 0 N–H and O–H groups in total. The minimum atomic E-state index is -4.52. The van der Waals surface area contributed by atoms with Gasteiger partial charge in [0.25, 0.3) is 5.84 Å². The van der Waals surface area contributed by atoms with E-state index >= 15 is 0 Å². The van der Waals surface area contributed by atoms with Crippen molar-refractivity contribution in [3.8, 4) is 0 Å². The molecule has 3 nitrogen and oxygen atoms in total. The molecule has 0 atom stereocenters. The summed E-state index contributed by atoms with van der Waals surface area (Å²) in [5.41, 5.74) is 0. The lowest BCUT2D eigenvalue weighted by Crippen LogP contribution is -2.23. The third kappa shape index (κ3) is 3.59. The molecule has 0 aromatic carbocycles. The molecule has 0 bridgehead atoms. The largest absolute Gasteiger partial charge is 0.453 e. The fourth-order valence-electron chi connectivity index (χ4n) is 0.367. The monoisotopic (exact) mass is 167 g/mol. The summed E-state index contributed by atoms with van der Waals surface area (Å²) in [6.45, 7) is 2.75. The maximum Gasteiger partial charge on any atom is 0.453 e. The Kier molecular flexibility index (Phi) is 3.03. The predicted octanol–water partition coefficient (Wildman–Crippen LogP) is 1.12. The molecule has 0 heterocycles. The summed E-state index contributed by atoms with van der Waals surface area (Å²) in [6, 6.07) is 0. The molecule has 11 heavy (non-hydrogen) atoms. The Morgan fingerprint density at radius 1 is 1.36 bits per heavy atom. The lowest BCUT2D eigenvalue weighted by molar-refractivity contribution is -0.0608. The summed E-state index contributed by atoms with van der Waals surface area (Å²) < 4.78 is 35.4. The van der Waals surface area contributed by atoms with E-state index in [9.17, 15) is 13.2 Å². The normalized spacial score (nSPS) is 13.0. The molecule has 0 amide bonds. The summed E-state index contributed by atoms with van der Waals surface area (Å²) >= 11 is 0. The topological polar surface area (TPSA) is 28.0 Å². The molecular formula is C5H8F3N3. The number of hydrogen-bond donors (Lipinski definition) is 0. The van der Waals surface area contributed by atoms with E-state index in [2.05, 4.69) is 16.8 Å². The molecule has 0 aliphatic rings. The van der Waals surface area contributed by atoms with Gasteiger partial charge in [-0.15, -0.1) is 0 Å². The van der Waals surface area contributed by atoms with E-state index < -0.39 is 12.0 Å². The van der Waals surface area contributed by atoms with Crippen molar-refractivity contribution in [1.82, 2.24) is 5.01 Å². The SMILES string of the molecule is C=N/C(=N\N(C)C)C(F)(F)F. The van der Waals surface area contributed by atoms with Crippen LogP contribution in [0.25, 0.3) is 0 Å². The van der Waals surface area contributed by atoms with Crippen molar-refractivity contribution < 1.29 is 13.2 Å². The molecule has 0 aliphatic heterocycles. The maximum absolute atomic E-state index is 11.8. The smallest absolute Gasteiger partial charge is 0.301 e. The van der Waals surface area contributed by atoms with Gasteiger partial charge in [-0.2, -0.15) is 18.3 Å². The van der Waals surface area contributed by atoms with Crippen molar-refractivity contribution in [1.29, 1.82) is 0 Å². The molecule has 0 aliphatic carbocycles. The Hall–Kier alpha value is -1.07. The summed E-state index contributed by atoms with van der Waals surface area (Å²) in [4.78, 5) is 2.73. The first kappa shape index (κ1) is 9.93. The number of rotatable bonds is 1. The Morgan fingerprint density at radius 3 is 1.91 bits per heavy atom. The van der Waals surface area contributed by atoms with E-state index in [-0.39, 0.29) is 0 Å². The summed E-state index contributed by atoms with van der Waals surface area (Å²) in [5.74, 6) is -1.23. The molecule has 6 heteroatoms. The van der Waals surface area contributed by atoms with Crippen LogP contribution in [-0.2, 0) is 0 Å². The van der Waals surface area contributed by atoms with E-state index in [4.69, 9.17) is 0 Å². The third-order valence-corrected chi connectivity index (χ3v) is 0.698. The Labute approximate surface area is 62.2 Å². The lowest BCUT2D eigenvalue weighted by Gasteiger charge is -2.08. The average Bonchev–Trinajstić information content (AvgIpc) is 1.79. The van der Waals surface area contributed by atoms with Gasteiger partial charge in [0, 0.05) is 14.1 Å². The van der Waals surface area contributed by atoms with Gasteiger partial charge in [-0.3, -0.25) is 0 Å². The van der Waals surface area contributed by atoms with E-state index in [1.54, 1.807) is 0 Å². The average molecular weight is 167 g/mol. The van der Waals surface area contributed by atoms with Gasteiger partial charge in [0.05, 0.1) is 0 Å². The van der Waals surface area contributed by atoms with Crippen LogP contribution in [0.4, 0.5) is 13.2 Å². The van der Waals surface area contributed by atoms with Gasteiger partial charge in [-0.25, -0.2) is 4.99 Å². The number of nitrogens with zero attached hydrogens (tertiary/aromatic N) is 3. The highest BCUT2D eigenvalue weighted by Gasteiger charge is 2.35. The zero-order valence-corrected chi connectivity index (χ0v) is 6.18. The standard InChI is InChI=1S/C5H8F3N3/c1-9-4(5(6,7)8)10-11(2)3/h1H2,2-3H3/b10-4-. The summed E-state index contributed by atoms with van der Waals surface area (Å²) in [7, 11) is 2.74. The number of hydrazone groups is 1. The molecule has 0 rings (SSSR count). The van der Waals surface area contributed by atoms with Crippen molar-refractivity contribution in [3.05, 3.63) is 0 Å². The van der Waals surface area contributed by atoms with Crippen molar-refractivity contribution in [2.75, 3.05) is 14.1 Å². The second kappa shape index (κ2) is 3.36. The highest BCUT2D eigenvalue weighted by atomic mass is 19.4. The predicted molar refractivity (Wildman–Crippen MR) is 36.7 cm³/mol. The first-order valence-corrected chi connectivity index (χ1v) is 2.67. The van der Waals surface area contributed by atoms with Crippen LogP contribution in [0, 0.1) is 0 Å². The van der Waals surface area contributed by atoms with Crippen LogP contribution < -0.4 is 0 Å². The van der Waals surface area contributed by atoms with Crippen LogP contribution in [0.5, 0.6) is 0 Å². The van der Waals surface area contributed by atoms with Gasteiger partial charge in [0.15, 0.2) is 0 Å². The van der Waals surface area contributed by atoms with Crippen molar-refractivity contribution in [2.45, 2.75) is 6.18 Å². The second-order valence-corrected chi connectivity index (χ2v) is 1.93. The first-order chi connectivity index (χ1) is 4.88. The summed E-state index contributed by atoms with van der Waals surface area (Å²) in [6.07, 6.45) is -4.52. The maximum atomic E-state index is 11.8. The highest BCUT2D eigenvalue weighted by molar-refractivity contribution is 5.90. The molecule has 0 aromatic heterocycles. The molecule has 0 spiro atoms. The van der Waals surface area contributed by atoms with Crippen LogP contribution in [0.15, 0.2) is 10.1 Å². The van der Waals surface area contributed by atoms with E-state index in [1.807, 2.05) is 0 Å². The summed E-state index contributed by atoms with van der Waals surface area (Å²) in [5, 5.41) is 4.07. The van der Waals surface area contributed by atoms with Crippen LogP contribution >= 0.6 is 0 Å². The zero-order valence-electron chi connectivity index (χ0n) is 6.18. The van der Waals surface area contributed by atoms with Gasteiger partial charge >= 0.3 is 6.18 Å². The lowest BCUT2D eigenvalue weighted by atomic mass is 10.6. The van der Waals surface area contributed by atoms with Crippen molar-refractivity contribution >= 4 is 12.6 Å². The van der Waals surface area contributed by atoms with Crippen LogP contribution in [0.3, 0.4) is 0 Å². The fourth-order valence-corrected chi connectivity index (χ4v) is 0.367. The molecule has 0 fully saturated rings. The van der Waals surface area contributed by atoms with Gasteiger partial charge in [-0.05, 0) is 6.72 Å². The number of amidine groups is 1. The molecular weight excluding hydrogens is 159 g/mol. The second-order valence-electron chi connectivity index (χ2n) is 1.93. The molecule has 0 saturated carbocycles. The number of alkyl halides is 3. The number of halogens is 3. The minimum Gasteiger partial charge on any atom is -0.301 e. The van der Waals surface area contributed by atoms with Crippen molar-refractivity contribution in [3.63, 3.8) is 0 Å². The molecule has 0 aromatic rings. The molecule has 0 unspecified atom stereocenters. The zero-order chi connectivity index (χ0) is 9.07. The Morgan fingerprint density at radius 2 is 1.82 bits per heavy atom. The van der Waals surface area contributed by atoms with Crippen LogP contribution in [0.1, 0.15) is 0 Å². The van der Waals surface area contributed by atoms with Gasteiger partial charge in [-0.1, -0.05) is 0 Å². The van der Waals surface area contributed by atoms with Crippen LogP contribution in [-0.4, -0.2) is 37.8 Å². The van der Waals surface area contributed by atoms with Crippen molar-refractivity contribution in [2.24, 2.45) is 10.1 Å². The third-order valence-electron chi connectivity index (χ3n) is 0.698. The molecule has 0 radical (unpaired) electrons. The number of aliphatic imine (C=N–C) groups is 1. The number of hydrogen-bond acceptors (Lipinski definition) is 2. The van der Waals surface area contributed by atoms with Gasteiger partial charge in [0.2, 0.25) is 0 Å². The highest BCUT2D eigenvalue weighted by Crippen LogP contribution is 2.17. The molecule has 64 valence electrons. The van der Waals surface area contributed by atoms with Gasteiger partial charge < -0.3 is 5.01 Å². The Balaban J connectivity index is 4.54. The minimum absolute atomic E-state index is 1.01. The fraction of sp³-hybridized carbons (Fsp3) is 0.600. The quantitative estimate of drug-likeness (QED) is 0.327. The molecule has 0 saturated heterocycles.